The van der Waals surface area contributed by atoms with Gasteiger partial charge in [0.1, 0.15) is 5.75 Å². The van der Waals surface area contributed by atoms with Gasteiger partial charge in [0, 0.05) is 0 Å². The molecule has 2 rings (SSSR count). The van der Waals surface area contributed by atoms with Crippen LogP contribution in [0.25, 0.3) is 0 Å². The summed E-state index contributed by atoms with van der Waals surface area (Å²) < 4.78 is 6.00. The fourth-order valence-electron chi connectivity index (χ4n) is 1.87. The lowest BCUT2D eigenvalue weighted by molar-refractivity contribution is -0.123. The van der Waals surface area contributed by atoms with Gasteiger partial charge in [-0.3, -0.25) is 10.2 Å². The number of hydrogen-bond acceptors (Lipinski definition) is 3. The molecular formula is C11H13BrN2O2. The van der Waals surface area contributed by atoms with Crippen LogP contribution in [0.4, 0.5) is 0 Å². The molecule has 0 saturated heterocycles. The predicted molar refractivity (Wildman–Crippen MR) is 63.9 cm³/mol. The zero-order valence-electron chi connectivity index (χ0n) is 8.92. The zero-order valence-corrected chi connectivity index (χ0v) is 10.5. The van der Waals surface area contributed by atoms with Crippen molar-refractivity contribution in [1.29, 1.82) is 0 Å². The van der Waals surface area contributed by atoms with Gasteiger partial charge in [-0.1, -0.05) is 6.07 Å². The summed E-state index contributed by atoms with van der Waals surface area (Å²) in [6.07, 6.45) is 1.68. The van der Waals surface area contributed by atoms with E-state index >= 15 is 0 Å². The highest BCUT2D eigenvalue weighted by Gasteiger charge is 2.51. The van der Waals surface area contributed by atoms with E-state index in [-0.39, 0.29) is 5.91 Å². The molecule has 0 heterocycles. The highest BCUT2D eigenvalue weighted by atomic mass is 79.9. The zero-order chi connectivity index (χ0) is 11.8. The number of nitrogens with two attached hydrogens (primary N) is 1. The third-order valence-electron chi connectivity index (χ3n) is 3.02. The van der Waals surface area contributed by atoms with Crippen LogP contribution in [0.2, 0.25) is 0 Å². The first-order chi connectivity index (χ1) is 7.64. The van der Waals surface area contributed by atoms with Crippen LogP contribution in [0.3, 0.4) is 0 Å². The van der Waals surface area contributed by atoms with E-state index in [1.54, 1.807) is 7.11 Å². The number of nitrogens with one attached hydrogen (secondary N) is 1. The third-order valence-corrected chi connectivity index (χ3v) is 3.64. The van der Waals surface area contributed by atoms with Crippen molar-refractivity contribution in [3.8, 4) is 5.75 Å². The van der Waals surface area contributed by atoms with Crippen LogP contribution in [-0.2, 0) is 10.2 Å². The number of ether oxygens (including phenoxy) is 1. The molecule has 0 atom stereocenters. The molecule has 0 spiro atoms. The van der Waals surface area contributed by atoms with Crippen molar-refractivity contribution in [2.75, 3.05) is 7.11 Å². The second-order valence-corrected chi connectivity index (χ2v) is 4.76. The van der Waals surface area contributed by atoms with Crippen LogP contribution in [0, 0.1) is 0 Å². The maximum atomic E-state index is 11.7. The Labute approximate surface area is 102 Å². The second-order valence-electron chi connectivity index (χ2n) is 3.90. The molecule has 1 aliphatic carbocycles. The van der Waals surface area contributed by atoms with E-state index in [1.807, 2.05) is 18.2 Å². The molecule has 5 heteroatoms. The molecule has 1 amide bonds. The lowest BCUT2D eigenvalue weighted by atomic mass is 9.95. The molecule has 1 saturated carbocycles. The summed E-state index contributed by atoms with van der Waals surface area (Å²) in [6, 6.07) is 5.68. The van der Waals surface area contributed by atoms with Gasteiger partial charge in [0.15, 0.2) is 0 Å². The number of benzene rings is 1. The van der Waals surface area contributed by atoms with E-state index < -0.39 is 5.41 Å². The molecule has 0 bridgehead atoms. The monoisotopic (exact) mass is 284 g/mol. The average Bonchev–Trinajstić information content (AvgIpc) is 3.09. The molecule has 1 aliphatic rings. The van der Waals surface area contributed by atoms with Gasteiger partial charge in [-0.25, -0.2) is 5.84 Å². The molecule has 1 aromatic rings. The van der Waals surface area contributed by atoms with Gasteiger partial charge in [-0.2, -0.15) is 0 Å². The number of rotatable bonds is 3. The second kappa shape index (κ2) is 4.07. The number of halogens is 1. The van der Waals surface area contributed by atoms with Crippen LogP contribution in [-0.4, -0.2) is 13.0 Å². The van der Waals surface area contributed by atoms with Gasteiger partial charge in [0.2, 0.25) is 5.91 Å². The van der Waals surface area contributed by atoms with Gasteiger partial charge in [0.25, 0.3) is 0 Å². The quantitative estimate of drug-likeness (QED) is 0.502. The Morgan fingerprint density at radius 2 is 2.25 bits per heavy atom. The summed E-state index contributed by atoms with van der Waals surface area (Å²) in [6.45, 7) is 0. The van der Waals surface area contributed by atoms with Crippen molar-refractivity contribution in [3.05, 3.63) is 28.2 Å². The van der Waals surface area contributed by atoms with Crippen LogP contribution in [0.15, 0.2) is 22.7 Å². The Morgan fingerprint density at radius 1 is 1.56 bits per heavy atom. The largest absolute Gasteiger partial charge is 0.496 e. The van der Waals surface area contributed by atoms with E-state index in [9.17, 15) is 4.79 Å². The molecule has 3 N–H and O–H groups in total. The number of hydrogen-bond donors (Lipinski definition) is 2. The minimum Gasteiger partial charge on any atom is -0.496 e. The Bertz CT molecular complexity index is 430. The standard InChI is InChI=1S/C11H13BrN2O2/c1-16-9-3-2-7(6-8(9)12)11(4-5-11)10(15)14-13/h2-3,6H,4-5,13H2,1H3,(H,14,15). The molecule has 16 heavy (non-hydrogen) atoms. The maximum Gasteiger partial charge on any atom is 0.244 e. The highest BCUT2D eigenvalue weighted by molar-refractivity contribution is 9.10. The summed E-state index contributed by atoms with van der Waals surface area (Å²) in [5.41, 5.74) is 2.78. The number of hydrazine groups is 1. The lowest BCUT2D eigenvalue weighted by Crippen LogP contribution is -2.39. The van der Waals surface area contributed by atoms with E-state index in [4.69, 9.17) is 10.6 Å². The summed E-state index contributed by atoms with van der Waals surface area (Å²) >= 11 is 3.41. The van der Waals surface area contributed by atoms with Gasteiger partial charge >= 0.3 is 0 Å². The predicted octanol–water partition coefficient (Wildman–Crippen LogP) is 1.48. The summed E-state index contributed by atoms with van der Waals surface area (Å²) in [5, 5.41) is 0. The van der Waals surface area contributed by atoms with Crippen molar-refractivity contribution < 1.29 is 9.53 Å². The molecule has 0 radical (unpaired) electrons. The van der Waals surface area contributed by atoms with Gasteiger partial charge < -0.3 is 4.74 Å². The Balaban J connectivity index is 2.35. The summed E-state index contributed by atoms with van der Waals surface area (Å²) in [4.78, 5) is 11.7. The van der Waals surface area contributed by atoms with Crippen molar-refractivity contribution in [2.45, 2.75) is 18.3 Å². The molecule has 1 aromatic carbocycles. The average molecular weight is 285 g/mol. The highest BCUT2D eigenvalue weighted by Crippen LogP contribution is 2.49. The molecule has 0 aliphatic heterocycles. The number of methoxy groups -OCH3 is 1. The van der Waals surface area contributed by atoms with E-state index in [0.29, 0.717) is 0 Å². The fraction of sp³-hybridized carbons (Fsp3) is 0.364. The minimum atomic E-state index is -0.427. The van der Waals surface area contributed by atoms with Gasteiger partial charge in [-0.05, 0) is 46.5 Å². The molecule has 86 valence electrons. The molecule has 0 aromatic heterocycles. The van der Waals surface area contributed by atoms with Crippen molar-refractivity contribution >= 4 is 21.8 Å². The summed E-state index contributed by atoms with van der Waals surface area (Å²) in [5.74, 6) is 5.83. The van der Waals surface area contributed by atoms with Crippen LogP contribution in [0.1, 0.15) is 18.4 Å². The van der Waals surface area contributed by atoms with Crippen molar-refractivity contribution in [3.63, 3.8) is 0 Å². The van der Waals surface area contributed by atoms with Gasteiger partial charge in [0.05, 0.1) is 17.0 Å². The van der Waals surface area contributed by atoms with Crippen LogP contribution >= 0.6 is 15.9 Å². The van der Waals surface area contributed by atoms with Crippen molar-refractivity contribution in [2.24, 2.45) is 5.84 Å². The number of carbonyl (C=O) groups excluding carboxylic acids is 1. The summed E-state index contributed by atoms with van der Waals surface area (Å²) in [7, 11) is 1.61. The van der Waals surface area contributed by atoms with E-state index in [0.717, 1.165) is 28.6 Å². The lowest BCUT2D eigenvalue weighted by Gasteiger charge is -2.15. The topological polar surface area (TPSA) is 64.3 Å². The van der Waals surface area contributed by atoms with Gasteiger partial charge in [-0.15, -0.1) is 0 Å². The number of carbonyl (C=O) groups is 1. The first-order valence-electron chi connectivity index (χ1n) is 4.99. The first-order valence-corrected chi connectivity index (χ1v) is 5.78. The minimum absolute atomic E-state index is 0.121. The molecular weight excluding hydrogens is 272 g/mol. The fourth-order valence-corrected chi connectivity index (χ4v) is 2.41. The third kappa shape index (κ3) is 1.70. The molecule has 1 fully saturated rings. The maximum absolute atomic E-state index is 11.7. The SMILES string of the molecule is COc1ccc(C2(C(=O)NN)CC2)cc1Br. The smallest absolute Gasteiger partial charge is 0.244 e. The molecule has 0 unspecified atom stereocenters. The van der Waals surface area contributed by atoms with Crippen LogP contribution in [0.5, 0.6) is 5.75 Å². The first kappa shape index (κ1) is 11.4. The Hall–Kier alpha value is -1.07. The van der Waals surface area contributed by atoms with Crippen LogP contribution < -0.4 is 16.0 Å². The Kier molecular flexibility index (Phi) is 2.90. The molecule has 4 nitrogen and oxygen atoms in total. The number of amides is 1. The van der Waals surface area contributed by atoms with E-state index in [1.165, 1.54) is 0 Å². The Morgan fingerprint density at radius 3 is 2.69 bits per heavy atom. The normalized spacial score (nSPS) is 16.7. The van der Waals surface area contributed by atoms with Crippen molar-refractivity contribution in [1.82, 2.24) is 5.43 Å². The van der Waals surface area contributed by atoms with E-state index in [2.05, 4.69) is 21.4 Å².